The van der Waals surface area contributed by atoms with Crippen molar-refractivity contribution in [2.24, 2.45) is 5.73 Å². The minimum atomic E-state index is -0.885. The number of nitrogens with two attached hydrogens (primary N) is 1. The molecule has 79 valence electrons. The Bertz CT molecular complexity index is 404. The Hall–Kier alpha value is -1.75. The van der Waals surface area contributed by atoms with E-state index in [0.717, 1.165) is 24.6 Å². The highest BCUT2D eigenvalue weighted by molar-refractivity contribution is 6.10. The second-order valence-corrected chi connectivity index (χ2v) is 2.81. The zero-order chi connectivity index (χ0) is 11.4. The number of Topliss-reactive ketones (excluding diaryl/α,β-unsaturated/α-hetero) is 1. The summed E-state index contributed by atoms with van der Waals surface area (Å²) in [4.78, 5) is 22.2. The third-order valence-electron chi connectivity index (χ3n) is 1.79. The molecule has 15 heavy (non-hydrogen) atoms. The minimum absolute atomic E-state index is 0.0158. The maximum Gasteiger partial charge on any atom is 0.249 e. The highest BCUT2D eigenvalue weighted by atomic mass is 19.1. The monoisotopic (exact) mass is 210 g/mol. The van der Waals surface area contributed by atoms with Gasteiger partial charge in [-0.25, -0.2) is 4.39 Å². The molecule has 1 amide bonds. The summed E-state index contributed by atoms with van der Waals surface area (Å²) >= 11 is 0. The molecule has 0 unspecified atom stereocenters. The van der Waals surface area contributed by atoms with Crippen molar-refractivity contribution >= 4 is 11.7 Å². The molecule has 1 aromatic rings. The van der Waals surface area contributed by atoms with E-state index >= 15 is 0 Å². The van der Waals surface area contributed by atoms with Gasteiger partial charge in [-0.15, -0.1) is 0 Å². The summed E-state index contributed by atoms with van der Waals surface area (Å²) in [7, 11) is 0. The fourth-order valence-electron chi connectivity index (χ4n) is 1.13. The average Bonchev–Trinajstić information content (AvgIpc) is 2.17. The number of halogens is 1. The Morgan fingerprint density at radius 3 is 2.60 bits per heavy atom. The van der Waals surface area contributed by atoms with E-state index in [4.69, 9.17) is 10.8 Å². The summed E-state index contributed by atoms with van der Waals surface area (Å²) < 4.78 is 12.8. The molecule has 1 aromatic carbocycles. The molecule has 0 heterocycles. The second-order valence-electron chi connectivity index (χ2n) is 2.81. The number of benzene rings is 1. The summed E-state index contributed by atoms with van der Waals surface area (Å²) in [6.07, 6.45) is 0.972. The van der Waals surface area contributed by atoms with Crippen molar-refractivity contribution in [2.75, 3.05) is 6.61 Å². The topological polar surface area (TPSA) is 80.4 Å². The normalized spacial score (nSPS) is 10.0. The lowest BCUT2D eigenvalue weighted by Crippen LogP contribution is -2.17. The Morgan fingerprint density at radius 1 is 1.40 bits per heavy atom. The van der Waals surface area contributed by atoms with Gasteiger partial charge in [-0.1, -0.05) is 0 Å². The molecule has 0 aliphatic heterocycles. The van der Waals surface area contributed by atoms with E-state index in [0.29, 0.717) is 0 Å². The number of carbonyl (C=O) groups is 2. The molecule has 5 heteroatoms. The van der Waals surface area contributed by atoms with E-state index in [-0.39, 0.29) is 11.1 Å². The van der Waals surface area contributed by atoms with Gasteiger partial charge in [-0.05, 0) is 18.2 Å². The van der Waals surface area contributed by atoms with E-state index < -0.39 is 24.1 Å². The first-order valence-electron chi connectivity index (χ1n) is 4.14. The molecule has 1 rings (SSSR count). The first kappa shape index (κ1) is 11.3. The fraction of sp³-hybridized carbons (Fsp3) is 0.100. The van der Waals surface area contributed by atoms with Gasteiger partial charge >= 0.3 is 0 Å². The van der Waals surface area contributed by atoms with Gasteiger partial charge in [-0.2, -0.15) is 0 Å². The number of carbonyl (C=O) groups excluding carboxylic acids is 2. The number of hydrogen-bond donors (Lipinski definition) is 2. The molecule has 0 fully saturated rings. The lowest BCUT2D eigenvalue weighted by Gasteiger charge is -2.04. The van der Waals surface area contributed by atoms with Gasteiger partial charge < -0.3 is 10.8 Å². The first-order chi connectivity index (χ1) is 7.06. The van der Waals surface area contributed by atoms with Gasteiger partial charge in [0, 0.05) is 5.56 Å². The lowest BCUT2D eigenvalue weighted by molar-refractivity contribution is 0.0972. The average molecular weight is 210 g/mol. The van der Waals surface area contributed by atoms with E-state index in [2.05, 4.69) is 0 Å². The van der Waals surface area contributed by atoms with Crippen LogP contribution in [0.25, 0.3) is 0 Å². The van der Waals surface area contributed by atoms with Crippen LogP contribution in [-0.2, 0) is 0 Å². The van der Waals surface area contributed by atoms with Crippen LogP contribution in [-0.4, -0.2) is 23.4 Å². The fourth-order valence-corrected chi connectivity index (χ4v) is 1.13. The molecule has 0 saturated carbocycles. The zero-order valence-electron chi connectivity index (χ0n) is 7.74. The third kappa shape index (κ3) is 2.60. The van der Waals surface area contributed by atoms with Crippen LogP contribution in [0.3, 0.4) is 0 Å². The maximum absolute atomic E-state index is 12.8. The van der Waals surface area contributed by atoms with Gasteiger partial charge in [0.05, 0.1) is 18.6 Å². The van der Waals surface area contributed by atoms with Crippen molar-refractivity contribution in [3.05, 3.63) is 41.6 Å². The Kier molecular flexibility index (Phi) is 3.51. The number of ketones is 1. The number of primary amides is 1. The van der Waals surface area contributed by atoms with Crippen LogP contribution in [0.2, 0.25) is 0 Å². The number of rotatable bonds is 4. The van der Waals surface area contributed by atoms with Crippen LogP contribution >= 0.6 is 0 Å². The van der Waals surface area contributed by atoms with Crippen LogP contribution in [0.1, 0.15) is 20.7 Å². The Morgan fingerprint density at radius 2 is 2.07 bits per heavy atom. The van der Waals surface area contributed by atoms with E-state index in [1.165, 1.54) is 0 Å². The number of hydrogen-bond acceptors (Lipinski definition) is 3. The SMILES string of the molecule is NC(=O)c1cc(F)ccc1C(=O)[CH]CO. The van der Waals surface area contributed by atoms with Gasteiger partial charge in [-0.3, -0.25) is 9.59 Å². The van der Waals surface area contributed by atoms with E-state index in [9.17, 15) is 14.0 Å². The lowest BCUT2D eigenvalue weighted by atomic mass is 10.0. The quantitative estimate of drug-likeness (QED) is 0.701. The molecule has 0 aliphatic carbocycles. The first-order valence-corrected chi connectivity index (χ1v) is 4.14. The van der Waals surface area contributed by atoms with Crippen LogP contribution in [0.15, 0.2) is 18.2 Å². The van der Waals surface area contributed by atoms with Crippen molar-refractivity contribution < 1.29 is 19.1 Å². The molecule has 0 saturated heterocycles. The maximum atomic E-state index is 12.8. The summed E-state index contributed by atoms with van der Waals surface area (Å²) in [5, 5.41) is 8.52. The largest absolute Gasteiger partial charge is 0.396 e. The highest BCUT2D eigenvalue weighted by Crippen LogP contribution is 2.12. The molecule has 4 nitrogen and oxygen atoms in total. The van der Waals surface area contributed by atoms with Crippen LogP contribution in [0.4, 0.5) is 4.39 Å². The van der Waals surface area contributed by atoms with E-state index in [1.807, 2.05) is 0 Å². The van der Waals surface area contributed by atoms with Crippen molar-refractivity contribution in [3.8, 4) is 0 Å². The third-order valence-corrected chi connectivity index (χ3v) is 1.79. The molecular formula is C10H9FNO3. The van der Waals surface area contributed by atoms with Gasteiger partial charge in [0.15, 0.2) is 5.78 Å². The molecule has 0 aliphatic rings. The minimum Gasteiger partial charge on any atom is -0.396 e. The summed E-state index contributed by atoms with van der Waals surface area (Å²) in [6, 6.07) is 3.09. The van der Waals surface area contributed by atoms with Crippen LogP contribution < -0.4 is 5.73 Å². The second kappa shape index (κ2) is 4.65. The highest BCUT2D eigenvalue weighted by Gasteiger charge is 2.15. The van der Waals surface area contributed by atoms with Crippen molar-refractivity contribution in [1.82, 2.24) is 0 Å². The molecule has 0 aromatic heterocycles. The Labute approximate surface area is 85.5 Å². The summed E-state index contributed by atoms with van der Waals surface area (Å²) in [5.41, 5.74) is 4.78. The molecular weight excluding hydrogens is 201 g/mol. The van der Waals surface area contributed by atoms with Crippen molar-refractivity contribution in [3.63, 3.8) is 0 Å². The van der Waals surface area contributed by atoms with Gasteiger partial charge in [0.1, 0.15) is 5.82 Å². The molecule has 1 radical (unpaired) electrons. The summed E-state index contributed by atoms with van der Waals surface area (Å²) in [5.74, 6) is -2.10. The molecule has 0 spiro atoms. The van der Waals surface area contributed by atoms with Gasteiger partial charge in [0.25, 0.3) is 0 Å². The predicted octanol–water partition coefficient (Wildman–Crippen LogP) is 0.304. The van der Waals surface area contributed by atoms with E-state index in [1.54, 1.807) is 0 Å². The molecule has 0 atom stereocenters. The molecule has 3 N–H and O–H groups in total. The standard InChI is InChI=1S/C10H9FNO3/c11-6-1-2-7(9(14)3-4-13)8(5-6)10(12)15/h1-3,5,13H,4H2,(H2,12,15). The summed E-state index contributed by atoms with van der Waals surface area (Å²) in [6.45, 7) is -0.450. The van der Waals surface area contributed by atoms with Crippen LogP contribution in [0.5, 0.6) is 0 Å². The number of aliphatic hydroxyl groups excluding tert-OH is 1. The van der Waals surface area contributed by atoms with Gasteiger partial charge in [0.2, 0.25) is 5.91 Å². The van der Waals surface area contributed by atoms with Crippen LogP contribution in [0, 0.1) is 12.2 Å². The molecule has 0 bridgehead atoms. The predicted molar refractivity (Wildman–Crippen MR) is 50.6 cm³/mol. The number of amides is 1. The van der Waals surface area contributed by atoms with Crippen molar-refractivity contribution in [1.29, 1.82) is 0 Å². The zero-order valence-corrected chi connectivity index (χ0v) is 7.74. The smallest absolute Gasteiger partial charge is 0.249 e. The number of aliphatic hydroxyl groups is 1. The Balaban J connectivity index is 3.17. The van der Waals surface area contributed by atoms with Crippen molar-refractivity contribution in [2.45, 2.75) is 0 Å².